The van der Waals surface area contributed by atoms with E-state index in [1.165, 1.54) is 0 Å². The monoisotopic (exact) mass is 435 g/mol. The molecular weight excluding hydrogens is 414 g/mol. The fourth-order valence-corrected chi connectivity index (χ4v) is 3.28. The lowest BCUT2D eigenvalue weighted by Gasteiger charge is -2.15. The highest BCUT2D eigenvalue weighted by molar-refractivity contribution is 5.77. The third-order valence-electron chi connectivity index (χ3n) is 4.83. The molecule has 0 unspecified atom stereocenters. The number of carboxylic acids is 1. The molecule has 0 aliphatic rings. The van der Waals surface area contributed by atoms with E-state index in [-0.39, 0.29) is 11.2 Å². The first kappa shape index (κ1) is 21.0. The summed E-state index contributed by atoms with van der Waals surface area (Å²) in [5, 5.41) is 19.2. The third-order valence-corrected chi connectivity index (χ3v) is 4.83. The van der Waals surface area contributed by atoms with E-state index in [1.807, 2.05) is 25.1 Å². The van der Waals surface area contributed by atoms with Gasteiger partial charge >= 0.3 is 5.97 Å². The maximum Gasteiger partial charge on any atom is 0.344 e. The molecule has 10 heteroatoms. The number of aromatic nitrogens is 5. The predicted octanol–water partition coefficient (Wildman–Crippen LogP) is 3.02. The predicted molar refractivity (Wildman–Crippen MR) is 117 cm³/mol. The zero-order chi connectivity index (χ0) is 22.7. The van der Waals surface area contributed by atoms with Crippen LogP contribution in [0.5, 0.6) is 11.5 Å². The molecule has 0 fully saturated rings. The van der Waals surface area contributed by atoms with Gasteiger partial charge in [-0.1, -0.05) is 30.3 Å². The summed E-state index contributed by atoms with van der Waals surface area (Å²) in [7, 11) is 0. The molecule has 1 atom stereocenters. The molecule has 4 rings (SSSR count). The van der Waals surface area contributed by atoms with Crippen LogP contribution in [0.1, 0.15) is 20.3 Å². The maximum absolute atomic E-state index is 12.3. The number of rotatable bonds is 8. The average molecular weight is 435 g/mol. The van der Waals surface area contributed by atoms with E-state index in [9.17, 15) is 14.7 Å². The van der Waals surface area contributed by atoms with Gasteiger partial charge in [0.1, 0.15) is 17.3 Å². The Morgan fingerprint density at radius 1 is 1.16 bits per heavy atom. The number of H-pyrrole nitrogens is 2. The summed E-state index contributed by atoms with van der Waals surface area (Å²) in [6.45, 7) is 4.03. The highest BCUT2D eigenvalue weighted by Gasteiger charge is 2.18. The minimum atomic E-state index is -1.01. The quantitative estimate of drug-likeness (QED) is 0.383. The largest absolute Gasteiger partial charge is 0.493 e. The van der Waals surface area contributed by atoms with Gasteiger partial charge in [0.15, 0.2) is 17.3 Å². The summed E-state index contributed by atoms with van der Waals surface area (Å²) in [5.74, 6) is 0.310. The zero-order valence-electron chi connectivity index (χ0n) is 17.5. The average Bonchev–Trinajstić information content (AvgIpc) is 3.27. The number of aliphatic carboxylic acids is 1. The van der Waals surface area contributed by atoms with Crippen LogP contribution in [0, 0.1) is 0 Å². The molecule has 164 valence electrons. The Bertz CT molecular complexity index is 1330. The number of carbonyl (C=O) groups is 1. The molecular formula is C22H21N5O5. The van der Waals surface area contributed by atoms with Crippen LogP contribution in [-0.4, -0.2) is 49.2 Å². The molecule has 32 heavy (non-hydrogen) atoms. The molecule has 2 aromatic heterocycles. The Morgan fingerprint density at radius 3 is 2.72 bits per heavy atom. The van der Waals surface area contributed by atoms with E-state index in [4.69, 9.17) is 9.47 Å². The minimum absolute atomic E-state index is 0.131. The van der Waals surface area contributed by atoms with Gasteiger partial charge in [0, 0.05) is 0 Å². The molecule has 3 N–H and O–H groups in total. The number of fused-ring (bicyclic) bond motifs is 1. The number of benzene rings is 2. The summed E-state index contributed by atoms with van der Waals surface area (Å²) in [6.07, 6.45) is -0.564. The van der Waals surface area contributed by atoms with Crippen molar-refractivity contribution in [3.63, 3.8) is 0 Å². The number of ether oxygens (including phenoxy) is 2. The number of nitrogens with zero attached hydrogens (tertiary/aromatic N) is 3. The van der Waals surface area contributed by atoms with E-state index in [2.05, 4.69) is 25.4 Å². The summed E-state index contributed by atoms with van der Waals surface area (Å²) in [6, 6.07) is 12.7. The number of aromatic amines is 2. The molecule has 0 aliphatic heterocycles. The maximum atomic E-state index is 12.3. The Hall–Kier alpha value is -4.21. The van der Waals surface area contributed by atoms with Gasteiger partial charge < -0.3 is 19.6 Å². The van der Waals surface area contributed by atoms with Crippen LogP contribution in [0.2, 0.25) is 0 Å². The molecule has 0 radical (unpaired) electrons. The zero-order valence-corrected chi connectivity index (χ0v) is 17.5. The molecule has 2 heterocycles. The van der Waals surface area contributed by atoms with Gasteiger partial charge in [-0.15, -0.1) is 5.10 Å². The Kier molecular flexibility index (Phi) is 5.84. The van der Waals surface area contributed by atoms with Crippen molar-refractivity contribution in [1.82, 2.24) is 25.4 Å². The smallest absolute Gasteiger partial charge is 0.344 e. The summed E-state index contributed by atoms with van der Waals surface area (Å²) < 4.78 is 11.4. The molecule has 4 aromatic rings. The van der Waals surface area contributed by atoms with Gasteiger partial charge in [-0.25, -0.2) is 14.9 Å². The number of nitrogens with one attached hydrogen (secondary N) is 2. The van der Waals surface area contributed by atoms with Crippen molar-refractivity contribution >= 4 is 17.1 Å². The number of carboxylic acid groups (broad SMARTS) is 1. The summed E-state index contributed by atoms with van der Waals surface area (Å²) >= 11 is 0. The van der Waals surface area contributed by atoms with Gasteiger partial charge in [-0.2, -0.15) is 0 Å². The van der Waals surface area contributed by atoms with Crippen molar-refractivity contribution in [3.8, 4) is 34.0 Å². The molecule has 0 amide bonds. The van der Waals surface area contributed by atoms with Crippen LogP contribution < -0.4 is 15.0 Å². The fraction of sp³-hybridized carbons (Fsp3) is 0.227. The van der Waals surface area contributed by atoms with Crippen molar-refractivity contribution in [1.29, 1.82) is 0 Å². The number of hydrogen-bond donors (Lipinski definition) is 3. The van der Waals surface area contributed by atoms with E-state index < -0.39 is 17.6 Å². The van der Waals surface area contributed by atoms with Gasteiger partial charge in [0.25, 0.3) is 5.56 Å². The fourth-order valence-electron chi connectivity index (χ4n) is 3.28. The third kappa shape index (κ3) is 4.15. The van der Waals surface area contributed by atoms with Crippen molar-refractivity contribution in [2.24, 2.45) is 0 Å². The molecule has 0 saturated carbocycles. The van der Waals surface area contributed by atoms with Gasteiger partial charge in [0.05, 0.1) is 12.2 Å². The number of hydrogen-bond acceptors (Lipinski definition) is 7. The lowest BCUT2D eigenvalue weighted by atomic mass is 10.0. The molecule has 0 aliphatic carbocycles. The molecule has 10 nitrogen and oxygen atoms in total. The summed E-state index contributed by atoms with van der Waals surface area (Å²) in [4.78, 5) is 30.7. The lowest BCUT2D eigenvalue weighted by Crippen LogP contribution is -2.25. The van der Waals surface area contributed by atoms with Crippen molar-refractivity contribution in [2.45, 2.75) is 26.4 Å². The second kappa shape index (κ2) is 8.88. The highest BCUT2D eigenvalue weighted by Crippen LogP contribution is 2.34. The van der Waals surface area contributed by atoms with Gasteiger partial charge in [-0.05, 0) is 48.7 Å². The molecule has 0 spiro atoms. The van der Waals surface area contributed by atoms with Crippen molar-refractivity contribution < 1.29 is 19.4 Å². The Balaban J connectivity index is 1.72. The normalized spacial score (nSPS) is 11.9. The summed E-state index contributed by atoms with van der Waals surface area (Å²) in [5.41, 5.74) is 2.27. The van der Waals surface area contributed by atoms with Crippen LogP contribution >= 0.6 is 0 Å². The van der Waals surface area contributed by atoms with Crippen LogP contribution in [0.25, 0.3) is 33.7 Å². The Morgan fingerprint density at radius 2 is 1.97 bits per heavy atom. The molecule has 0 bridgehead atoms. The second-order valence-corrected chi connectivity index (χ2v) is 6.95. The topological polar surface area (TPSA) is 143 Å². The first-order valence-corrected chi connectivity index (χ1v) is 10.1. The first-order chi connectivity index (χ1) is 15.5. The standard InChI is InChI=1S/C22H21N5O5/c1-3-16(22(29)30)32-14-7-5-6-12(10-14)13-8-9-15(17(11-13)31-4-2)19-23-20-18(21(28)24-19)25-27-26-20/h5-11,16H,3-4H2,1-2H3,(H,29,30)(H2,23,24,25,26,27,28)/t16-/m1/s1. The van der Waals surface area contributed by atoms with Crippen LogP contribution in [0.3, 0.4) is 0 Å². The SMILES string of the molecule is CCOc1cc(-c2cccc(O[C@H](CC)C(=O)O)c2)ccc1-c1nc2[nH]nnc2c(=O)[nH]1. The van der Waals surface area contributed by atoms with E-state index in [1.54, 1.807) is 31.2 Å². The lowest BCUT2D eigenvalue weighted by molar-refractivity contribution is -0.145. The highest BCUT2D eigenvalue weighted by atomic mass is 16.5. The second-order valence-electron chi connectivity index (χ2n) is 6.95. The van der Waals surface area contributed by atoms with Crippen LogP contribution in [-0.2, 0) is 4.79 Å². The van der Waals surface area contributed by atoms with Crippen LogP contribution in [0.15, 0.2) is 47.3 Å². The van der Waals surface area contributed by atoms with Gasteiger partial charge in [0.2, 0.25) is 0 Å². The van der Waals surface area contributed by atoms with Crippen LogP contribution in [0.4, 0.5) is 0 Å². The van der Waals surface area contributed by atoms with Gasteiger partial charge in [-0.3, -0.25) is 4.79 Å². The first-order valence-electron chi connectivity index (χ1n) is 10.1. The van der Waals surface area contributed by atoms with E-state index in [0.717, 1.165) is 11.1 Å². The molecule has 0 saturated heterocycles. The van der Waals surface area contributed by atoms with Crippen molar-refractivity contribution in [3.05, 3.63) is 52.8 Å². The van der Waals surface area contributed by atoms with E-state index in [0.29, 0.717) is 35.9 Å². The molecule has 2 aromatic carbocycles. The van der Waals surface area contributed by atoms with E-state index >= 15 is 0 Å². The Labute approximate surface area is 182 Å². The van der Waals surface area contributed by atoms with Crippen molar-refractivity contribution in [2.75, 3.05) is 6.61 Å². The minimum Gasteiger partial charge on any atom is -0.493 e.